The molecule has 0 saturated carbocycles. The number of nitrogens with zero attached hydrogens (tertiary/aromatic N) is 1. The third-order valence-corrected chi connectivity index (χ3v) is 4.00. The summed E-state index contributed by atoms with van der Waals surface area (Å²) in [5, 5.41) is 9.24. The number of likely N-dealkylation sites (tertiary alicyclic amines) is 1. The molecule has 0 bridgehead atoms. The number of carboxylic acids is 1. The molecule has 0 radical (unpaired) electrons. The Morgan fingerprint density at radius 1 is 1.38 bits per heavy atom. The monoisotopic (exact) mass is 311 g/mol. The average molecular weight is 312 g/mol. The lowest BCUT2D eigenvalue weighted by Gasteiger charge is -2.23. The van der Waals surface area contributed by atoms with E-state index in [-0.39, 0.29) is 25.2 Å². The fourth-order valence-corrected chi connectivity index (χ4v) is 3.04. The van der Waals surface area contributed by atoms with E-state index >= 15 is 0 Å². The number of hydrogen-bond donors (Lipinski definition) is 1. The summed E-state index contributed by atoms with van der Waals surface area (Å²) in [6.45, 7) is 0.640. The lowest BCUT2D eigenvalue weighted by atomic mass is 10.1. The van der Waals surface area contributed by atoms with Crippen LogP contribution >= 0.6 is 11.6 Å². The summed E-state index contributed by atoms with van der Waals surface area (Å²) in [6, 6.07) is 2.86. The van der Waals surface area contributed by atoms with Gasteiger partial charge in [0.25, 0.3) is 5.91 Å². The molecule has 112 valence electrons. The van der Waals surface area contributed by atoms with E-state index < -0.39 is 5.97 Å². The molecule has 1 fully saturated rings. The van der Waals surface area contributed by atoms with Crippen molar-refractivity contribution in [2.24, 2.45) is 0 Å². The van der Waals surface area contributed by atoms with E-state index in [0.29, 0.717) is 35.1 Å². The Balaban J connectivity index is 1.85. The van der Waals surface area contributed by atoms with Gasteiger partial charge in [0.1, 0.15) is 0 Å². The molecule has 3 rings (SSSR count). The number of carbonyl (C=O) groups is 2. The lowest BCUT2D eigenvalue weighted by Crippen LogP contribution is -2.36. The Kier molecular flexibility index (Phi) is 3.63. The molecule has 7 heteroatoms. The van der Waals surface area contributed by atoms with Crippen molar-refractivity contribution < 1.29 is 24.2 Å². The highest BCUT2D eigenvalue weighted by Gasteiger charge is 2.32. The van der Waals surface area contributed by atoms with E-state index in [1.165, 1.54) is 6.07 Å². The van der Waals surface area contributed by atoms with E-state index in [9.17, 15) is 9.59 Å². The van der Waals surface area contributed by atoms with Gasteiger partial charge < -0.3 is 19.5 Å². The maximum absolute atomic E-state index is 12.6. The molecule has 2 aliphatic rings. The topological polar surface area (TPSA) is 76.1 Å². The molecule has 1 unspecified atom stereocenters. The van der Waals surface area contributed by atoms with Crippen LogP contribution in [0.5, 0.6) is 11.5 Å². The molecule has 1 aromatic carbocycles. The second-order valence-corrected chi connectivity index (χ2v) is 5.49. The van der Waals surface area contributed by atoms with Gasteiger partial charge in [-0.25, -0.2) is 0 Å². The van der Waals surface area contributed by atoms with E-state index in [4.69, 9.17) is 26.2 Å². The molecule has 1 saturated heterocycles. The van der Waals surface area contributed by atoms with E-state index in [0.717, 1.165) is 6.42 Å². The minimum absolute atomic E-state index is 0.0377. The quantitative estimate of drug-likeness (QED) is 0.925. The number of halogens is 1. The summed E-state index contributed by atoms with van der Waals surface area (Å²) in [6.07, 6.45) is 1.47. The average Bonchev–Trinajstić information content (AvgIpc) is 3.05. The van der Waals surface area contributed by atoms with Crippen LogP contribution in [-0.2, 0) is 4.79 Å². The predicted octanol–water partition coefficient (Wildman–Crippen LogP) is 2.15. The molecular formula is C14H14ClNO5. The Morgan fingerprint density at radius 2 is 2.19 bits per heavy atom. The van der Waals surface area contributed by atoms with Crippen molar-refractivity contribution >= 4 is 23.5 Å². The van der Waals surface area contributed by atoms with Crippen molar-refractivity contribution in [2.45, 2.75) is 25.3 Å². The van der Waals surface area contributed by atoms with E-state index in [1.807, 2.05) is 0 Å². The highest BCUT2D eigenvalue weighted by Crippen LogP contribution is 2.40. The summed E-state index contributed by atoms with van der Waals surface area (Å²) < 4.78 is 10.5. The summed E-state index contributed by atoms with van der Waals surface area (Å²) in [5.74, 6) is -0.237. The summed E-state index contributed by atoms with van der Waals surface area (Å²) >= 11 is 6.08. The Labute approximate surface area is 126 Å². The normalized spacial score (nSPS) is 19.9. The van der Waals surface area contributed by atoms with Crippen LogP contribution in [0.1, 0.15) is 29.6 Å². The number of rotatable bonds is 3. The number of fused-ring (bicyclic) bond motifs is 1. The number of carbonyl (C=O) groups excluding carboxylic acids is 1. The second-order valence-electron chi connectivity index (χ2n) is 5.08. The fraction of sp³-hybridized carbons (Fsp3) is 0.429. The smallest absolute Gasteiger partial charge is 0.305 e. The largest absolute Gasteiger partial charge is 0.481 e. The summed E-state index contributed by atoms with van der Waals surface area (Å²) in [4.78, 5) is 25.0. The van der Waals surface area contributed by atoms with Gasteiger partial charge in [0.15, 0.2) is 11.5 Å². The molecule has 2 aliphatic heterocycles. The lowest BCUT2D eigenvalue weighted by molar-refractivity contribution is -0.137. The van der Waals surface area contributed by atoms with Crippen LogP contribution in [0.4, 0.5) is 0 Å². The van der Waals surface area contributed by atoms with Gasteiger partial charge in [-0.3, -0.25) is 9.59 Å². The minimum atomic E-state index is -0.900. The Morgan fingerprint density at radius 3 is 2.95 bits per heavy atom. The van der Waals surface area contributed by atoms with Gasteiger partial charge in [0.2, 0.25) is 6.79 Å². The fourth-order valence-electron chi connectivity index (χ4n) is 2.77. The number of benzene rings is 1. The summed E-state index contributed by atoms with van der Waals surface area (Å²) in [7, 11) is 0. The van der Waals surface area contributed by atoms with Crippen LogP contribution in [0.3, 0.4) is 0 Å². The van der Waals surface area contributed by atoms with Crippen LogP contribution in [0.15, 0.2) is 12.1 Å². The van der Waals surface area contributed by atoms with Crippen LogP contribution < -0.4 is 9.47 Å². The number of aliphatic carboxylic acids is 1. The molecule has 6 nitrogen and oxygen atoms in total. The molecule has 0 aliphatic carbocycles. The molecule has 1 amide bonds. The van der Waals surface area contributed by atoms with Crippen LogP contribution in [0.2, 0.25) is 5.02 Å². The van der Waals surface area contributed by atoms with Gasteiger partial charge in [0, 0.05) is 18.2 Å². The highest BCUT2D eigenvalue weighted by atomic mass is 35.5. The van der Waals surface area contributed by atoms with Crippen molar-refractivity contribution in [3.05, 3.63) is 22.7 Å². The minimum Gasteiger partial charge on any atom is -0.481 e. The predicted molar refractivity (Wildman–Crippen MR) is 73.9 cm³/mol. The zero-order valence-corrected chi connectivity index (χ0v) is 11.9. The van der Waals surface area contributed by atoms with Gasteiger partial charge in [0.05, 0.1) is 11.4 Å². The third kappa shape index (κ3) is 2.63. The number of ether oxygens (including phenoxy) is 2. The maximum Gasteiger partial charge on any atom is 0.305 e. The standard InChI is InChI=1S/C14H14ClNO5/c15-10-4-8(5-11-13(10)21-7-20-11)14(19)16-3-1-2-9(16)6-12(17)18/h4-5,9H,1-3,6-7H2,(H,17,18). The van der Waals surface area contributed by atoms with Crippen LogP contribution in [0, 0.1) is 0 Å². The van der Waals surface area contributed by atoms with Crippen molar-refractivity contribution in [3.8, 4) is 11.5 Å². The Hall–Kier alpha value is -1.95. The zero-order chi connectivity index (χ0) is 15.0. The van der Waals surface area contributed by atoms with Gasteiger partial charge in [-0.1, -0.05) is 11.6 Å². The first-order chi connectivity index (χ1) is 10.1. The number of carboxylic acid groups (broad SMARTS) is 1. The van der Waals surface area contributed by atoms with Crippen molar-refractivity contribution in [1.29, 1.82) is 0 Å². The first kappa shape index (κ1) is 14.0. The van der Waals surface area contributed by atoms with Crippen molar-refractivity contribution in [2.75, 3.05) is 13.3 Å². The maximum atomic E-state index is 12.6. The number of hydrogen-bond acceptors (Lipinski definition) is 4. The molecular weight excluding hydrogens is 298 g/mol. The molecule has 1 atom stereocenters. The number of amides is 1. The third-order valence-electron chi connectivity index (χ3n) is 3.72. The Bertz CT molecular complexity index is 603. The van der Waals surface area contributed by atoms with Gasteiger partial charge in [-0.05, 0) is 25.0 Å². The molecule has 2 heterocycles. The van der Waals surface area contributed by atoms with Gasteiger partial charge in [-0.15, -0.1) is 0 Å². The second kappa shape index (κ2) is 5.44. The van der Waals surface area contributed by atoms with E-state index in [1.54, 1.807) is 11.0 Å². The van der Waals surface area contributed by atoms with Crippen molar-refractivity contribution in [1.82, 2.24) is 4.90 Å². The highest BCUT2D eigenvalue weighted by molar-refractivity contribution is 6.32. The van der Waals surface area contributed by atoms with Gasteiger partial charge in [-0.2, -0.15) is 0 Å². The first-order valence-corrected chi connectivity index (χ1v) is 7.06. The van der Waals surface area contributed by atoms with Crippen molar-refractivity contribution in [3.63, 3.8) is 0 Å². The van der Waals surface area contributed by atoms with E-state index in [2.05, 4.69) is 0 Å². The molecule has 21 heavy (non-hydrogen) atoms. The van der Waals surface area contributed by atoms with Crippen LogP contribution in [-0.4, -0.2) is 41.3 Å². The SMILES string of the molecule is O=C(O)CC1CCCN1C(=O)c1cc(Cl)c2c(c1)OCO2. The van der Waals surface area contributed by atoms with Crippen LogP contribution in [0.25, 0.3) is 0 Å². The molecule has 1 N–H and O–H groups in total. The van der Waals surface area contributed by atoms with Gasteiger partial charge >= 0.3 is 5.97 Å². The zero-order valence-electron chi connectivity index (χ0n) is 11.2. The first-order valence-electron chi connectivity index (χ1n) is 6.68. The molecule has 0 spiro atoms. The molecule has 1 aromatic rings. The summed E-state index contributed by atoms with van der Waals surface area (Å²) in [5.41, 5.74) is 0.390. The molecule has 0 aromatic heterocycles.